The van der Waals surface area contributed by atoms with Crippen LogP contribution in [-0.2, 0) is 0 Å². The normalized spacial score (nSPS) is 11.2. The molecule has 3 rings (SSSR count). The van der Waals surface area contributed by atoms with Gasteiger partial charge >= 0.3 is 0 Å². The number of carbonyl (C=O) groups is 1. The van der Waals surface area contributed by atoms with Gasteiger partial charge in [0, 0.05) is 42.9 Å². The standard InChI is InChI=1S/C21H22FN5O2.H2S/c1-13(16-6-4-14(21(28)23-2)8-18(16)29-3)10-25-20-9-17(26-12-27-20)15-5-7-19(22)24-11-15;/h4-9,11-13H,10H2,1-3H3,(H,23,28)(H,25,26,27);1H2/t13-;/m1./s1. The van der Waals surface area contributed by atoms with Crippen molar-refractivity contribution in [2.24, 2.45) is 0 Å². The van der Waals surface area contributed by atoms with Crippen LogP contribution in [-0.4, -0.2) is 41.6 Å². The summed E-state index contributed by atoms with van der Waals surface area (Å²) in [6, 6.07) is 10.1. The van der Waals surface area contributed by atoms with Crippen LogP contribution in [0.1, 0.15) is 28.8 Å². The molecule has 0 fully saturated rings. The second-order valence-corrected chi connectivity index (χ2v) is 6.48. The number of carbonyl (C=O) groups excluding carboxylic acids is 1. The van der Waals surface area contributed by atoms with Crippen molar-refractivity contribution in [3.05, 3.63) is 66.0 Å². The van der Waals surface area contributed by atoms with E-state index in [9.17, 15) is 9.18 Å². The molecular formula is C21H24FN5O2S. The molecule has 3 aromatic rings. The fourth-order valence-corrected chi connectivity index (χ4v) is 2.91. The van der Waals surface area contributed by atoms with E-state index in [1.165, 1.54) is 18.6 Å². The van der Waals surface area contributed by atoms with E-state index in [1.807, 2.05) is 6.07 Å². The number of nitrogens with zero attached hydrogens (tertiary/aromatic N) is 3. The molecule has 0 bridgehead atoms. The summed E-state index contributed by atoms with van der Waals surface area (Å²) in [4.78, 5) is 23.9. The van der Waals surface area contributed by atoms with Gasteiger partial charge in [0.05, 0.1) is 12.8 Å². The van der Waals surface area contributed by atoms with Gasteiger partial charge in [-0.1, -0.05) is 13.0 Å². The lowest BCUT2D eigenvalue weighted by Crippen LogP contribution is -2.18. The number of halogens is 1. The number of hydrogen-bond acceptors (Lipinski definition) is 6. The van der Waals surface area contributed by atoms with Crippen LogP contribution in [0.3, 0.4) is 0 Å². The fraction of sp³-hybridized carbons (Fsp3) is 0.238. The summed E-state index contributed by atoms with van der Waals surface area (Å²) < 4.78 is 18.5. The molecular weight excluding hydrogens is 405 g/mol. The number of nitrogens with one attached hydrogen (secondary N) is 2. The van der Waals surface area contributed by atoms with Crippen LogP contribution in [0.25, 0.3) is 11.3 Å². The second kappa shape index (κ2) is 10.5. The molecule has 30 heavy (non-hydrogen) atoms. The topological polar surface area (TPSA) is 89.0 Å². The van der Waals surface area contributed by atoms with Gasteiger partial charge in [-0.3, -0.25) is 4.79 Å². The number of methoxy groups -OCH3 is 1. The maximum absolute atomic E-state index is 13.0. The maximum Gasteiger partial charge on any atom is 0.251 e. The Morgan fingerprint density at radius 3 is 2.63 bits per heavy atom. The van der Waals surface area contributed by atoms with Crippen LogP contribution in [0.15, 0.2) is 48.9 Å². The maximum atomic E-state index is 13.0. The smallest absolute Gasteiger partial charge is 0.251 e. The molecule has 2 N–H and O–H groups in total. The molecule has 0 aliphatic rings. The second-order valence-electron chi connectivity index (χ2n) is 6.48. The van der Waals surface area contributed by atoms with Crippen molar-refractivity contribution in [2.75, 3.05) is 26.0 Å². The number of amides is 1. The molecule has 0 radical (unpaired) electrons. The molecule has 0 spiro atoms. The molecule has 0 saturated carbocycles. The first-order chi connectivity index (χ1) is 14.0. The molecule has 2 aromatic heterocycles. The van der Waals surface area contributed by atoms with Crippen molar-refractivity contribution in [3.8, 4) is 17.0 Å². The number of ether oxygens (including phenoxy) is 1. The molecule has 0 aliphatic heterocycles. The van der Waals surface area contributed by atoms with Crippen LogP contribution in [0.5, 0.6) is 5.75 Å². The average molecular weight is 430 g/mol. The summed E-state index contributed by atoms with van der Waals surface area (Å²) >= 11 is 0. The quantitative estimate of drug-likeness (QED) is 0.560. The van der Waals surface area contributed by atoms with Gasteiger partial charge in [0.1, 0.15) is 17.9 Å². The van der Waals surface area contributed by atoms with E-state index >= 15 is 0 Å². The summed E-state index contributed by atoms with van der Waals surface area (Å²) in [5, 5.41) is 5.89. The first-order valence-electron chi connectivity index (χ1n) is 9.09. The van der Waals surface area contributed by atoms with Crippen molar-refractivity contribution in [1.82, 2.24) is 20.3 Å². The molecule has 1 aromatic carbocycles. The molecule has 0 unspecified atom stereocenters. The Morgan fingerprint density at radius 1 is 1.17 bits per heavy atom. The third-order valence-corrected chi connectivity index (χ3v) is 4.53. The minimum absolute atomic E-state index is 0. The highest BCUT2D eigenvalue weighted by Gasteiger charge is 2.15. The molecule has 9 heteroatoms. The minimum Gasteiger partial charge on any atom is -0.496 e. The van der Waals surface area contributed by atoms with E-state index in [0.717, 1.165) is 5.56 Å². The third kappa shape index (κ3) is 5.44. The number of anilines is 1. The third-order valence-electron chi connectivity index (χ3n) is 4.53. The van der Waals surface area contributed by atoms with Gasteiger partial charge in [-0.15, -0.1) is 0 Å². The summed E-state index contributed by atoms with van der Waals surface area (Å²) in [6.45, 7) is 2.64. The Balaban J connectivity index is 0.00000320. The molecule has 7 nitrogen and oxygen atoms in total. The Morgan fingerprint density at radius 2 is 1.97 bits per heavy atom. The number of rotatable bonds is 7. The molecule has 0 saturated heterocycles. The SMILES string of the molecule is CNC(=O)c1ccc([C@H](C)CNc2cc(-c3ccc(F)nc3)ncn2)c(OC)c1.S. The van der Waals surface area contributed by atoms with E-state index in [0.29, 0.717) is 34.9 Å². The Hall–Kier alpha value is -3.20. The largest absolute Gasteiger partial charge is 0.496 e. The van der Waals surface area contributed by atoms with Crippen LogP contribution >= 0.6 is 13.5 Å². The highest BCUT2D eigenvalue weighted by atomic mass is 32.1. The van der Waals surface area contributed by atoms with Crippen molar-refractivity contribution < 1.29 is 13.9 Å². The predicted molar refractivity (Wildman–Crippen MR) is 119 cm³/mol. The zero-order chi connectivity index (χ0) is 20.8. The Labute approximate surface area is 181 Å². The monoisotopic (exact) mass is 429 g/mol. The van der Waals surface area contributed by atoms with Crippen molar-refractivity contribution >= 4 is 25.2 Å². The highest BCUT2D eigenvalue weighted by molar-refractivity contribution is 7.59. The summed E-state index contributed by atoms with van der Waals surface area (Å²) in [5.41, 5.74) is 2.87. The van der Waals surface area contributed by atoms with E-state index in [2.05, 4.69) is 32.5 Å². The zero-order valence-electron chi connectivity index (χ0n) is 16.9. The molecule has 1 amide bonds. The first kappa shape index (κ1) is 23.1. The molecule has 2 heterocycles. The molecule has 158 valence electrons. The van der Waals surface area contributed by atoms with Gasteiger partial charge in [-0.05, 0) is 29.8 Å². The zero-order valence-corrected chi connectivity index (χ0v) is 17.9. The van der Waals surface area contributed by atoms with E-state index < -0.39 is 5.95 Å². The van der Waals surface area contributed by atoms with Gasteiger partial charge in [-0.25, -0.2) is 15.0 Å². The minimum atomic E-state index is -0.536. The van der Waals surface area contributed by atoms with Crippen molar-refractivity contribution in [3.63, 3.8) is 0 Å². The lowest BCUT2D eigenvalue weighted by molar-refractivity contribution is 0.0962. The van der Waals surface area contributed by atoms with E-state index in [1.54, 1.807) is 38.4 Å². The predicted octanol–water partition coefficient (Wildman–Crippen LogP) is 3.37. The number of aromatic nitrogens is 3. The average Bonchev–Trinajstić information content (AvgIpc) is 2.77. The summed E-state index contributed by atoms with van der Waals surface area (Å²) in [6.07, 6.45) is 2.88. The first-order valence-corrected chi connectivity index (χ1v) is 9.09. The Kier molecular flexibility index (Phi) is 8.11. The number of benzene rings is 1. The number of pyridine rings is 1. The summed E-state index contributed by atoms with van der Waals surface area (Å²) in [5.74, 6) is 0.693. The summed E-state index contributed by atoms with van der Waals surface area (Å²) in [7, 11) is 3.17. The lowest BCUT2D eigenvalue weighted by atomic mass is 9.98. The lowest BCUT2D eigenvalue weighted by Gasteiger charge is -2.17. The number of hydrogen-bond donors (Lipinski definition) is 2. The van der Waals surface area contributed by atoms with Crippen LogP contribution in [0.4, 0.5) is 10.2 Å². The van der Waals surface area contributed by atoms with Gasteiger partial charge in [0.25, 0.3) is 5.91 Å². The van der Waals surface area contributed by atoms with Gasteiger partial charge in [0.15, 0.2) is 0 Å². The van der Waals surface area contributed by atoms with Crippen molar-refractivity contribution in [1.29, 1.82) is 0 Å². The van der Waals surface area contributed by atoms with E-state index in [4.69, 9.17) is 4.74 Å². The van der Waals surface area contributed by atoms with Crippen LogP contribution < -0.4 is 15.4 Å². The fourth-order valence-electron chi connectivity index (χ4n) is 2.91. The van der Waals surface area contributed by atoms with E-state index in [-0.39, 0.29) is 25.3 Å². The van der Waals surface area contributed by atoms with Crippen LogP contribution in [0, 0.1) is 5.95 Å². The van der Waals surface area contributed by atoms with Gasteiger partial charge < -0.3 is 15.4 Å². The van der Waals surface area contributed by atoms with Crippen LogP contribution in [0.2, 0.25) is 0 Å². The Bertz CT molecular complexity index is 1000. The van der Waals surface area contributed by atoms with Gasteiger partial charge in [0.2, 0.25) is 5.95 Å². The molecule has 0 aliphatic carbocycles. The van der Waals surface area contributed by atoms with Crippen molar-refractivity contribution in [2.45, 2.75) is 12.8 Å². The van der Waals surface area contributed by atoms with Gasteiger partial charge in [-0.2, -0.15) is 17.9 Å². The highest BCUT2D eigenvalue weighted by Crippen LogP contribution is 2.28. The molecule has 1 atom stereocenters.